The van der Waals surface area contributed by atoms with Gasteiger partial charge in [0.05, 0.1) is 5.69 Å². The molecule has 1 aliphatic heterocycles. The summed E-state index contributed by atoms with van der Waals surface area (Å²) in [5.41, 5.74) is 1.46. The van der Waals surface area contributed by atoms with E-state index in [9.17, 15) is 4.79 Å². The van der Waals surface area contributed by atoms with Gasteiger partial charge in [0.2, 0.25) is 11.8 Å². The molecule has 1 amide bonds. The van der Waals surface area contributed by atoms with Crippen molar-refractivity contribution in [3.8, 4) is 11.6 Å². The number of hydrogen-bond donors (Lipinski definition) is 0. The van der Waals surface area contributed by atoms with Gasteiger partial charge in [-0.1, -0.05) is 0 Å². The summed E-state index contributed by atoms with van der Waals surface area (Å²) in [6, 6.07) is 12.5. The molecule has 0 spiro atoms. The number of nitrogens with zero attached hydrogens (tertiary/aromatic N) is 6. The van der Waals surface area contributed by atoms with Crippen LogP contribution in [0.5, 0.6) is 11.6 Å². The second kappa shape index (κ2) is 7.99. The molecular formula is C20H20N6O2. The molecule has 0 saturated carbocycles. The van der Waals surface area contributed by atoms with Gasteiger partial charge >= 0.3 is 0 Å². The Morgan fingerprint density at radius 2 is 1.64 bits per heavy atom. The third kappa shape index (κ3) is 4.06. The molecule has 1 aliphatic rings. The monoisotopic (exact) mass is 376 g/mol. The molecule has 142 valence electrons. The van der Waals surface area contributed by atoms with Crippen LogP contribution in [0.1, 0.15) is 16.1 Å². The molecule has 3 heterocycles. The van der Waals surface area contributed by atoms with Crippen molar-refractivity contribution in [3.63, 3.8) is 0 Å². The van der Waals surface area contributed by atoms with E-state index in [1.165, 1.54) is 0 Å². The Balaban J connectivity index is 1.35. The van der Waals surface area contributed by atoms with Crippen molar-refractivity contribution in [2.45, 2.75) is 6.92 Å². The Kier molecular flexibility index (Phi) is 5.09. The summed E-state index contributed by atoms with van der Waals surface area (Å²) in [7, 11) is 0. The van der Waals surface area contributed by atoms with Gasteiger partial charge in [0.1, 0.15) is 5.75 Å². The van der Waals surface area contributed by atoms with E-state index < -0.39 is 0 Å². The molecule has 8 heteroatoms. The maximum atomic E-state index is 12.8. The molecule has 1 saturated heterocycles. The van der Waals surface area contributed by atoms with Gasteiger partial charge in [0.15, 0.2) is 0 Å². The maximum absolute atomic E-state index is 12.8. The molecule has 0 aliphatic carbocycles. The molecule has 0 N–H and O–H groups in total. The first kappa shape index (κ1) is 17.8. The third-order valence-electron chi connectivity index (χ3n) is 4.50. The van der Waals surface area contributed by atoms with Crippen LogP contribution in [-0.2, 0) is 0 Å². The molecule has 0 bridgehead atoms. The minimum atomic E-state index is 0.00954. The van der Waals surface area contributed by atoms with Crippen LogP contribution in [0, 0.1) is 6.92 Å². The van der Waals surface area contributed by atoms with Crippen LogP contribution in [0.25, 0.3) is 0 Å². The lowest BCUT2D eigenvalue weighted by Gasteiger charge is -2.34. The quantitative estimate of drug-likeness (QED) is 0.691. The van der Waals surface area contributed by atoms with E-state index in [4.69, 9.17) is 4.74 Å². The zero-order chi connectivity index (χ0) is 19.3. The average molecular weight is 376 g/mol. The van der Waals surface area contributed by atoms with Gasteiger partial charge < -0.3 is 14.5 Å². The van der Waals surface area contributed by atoms with E-state index in [2.05, 4.69) is 25.1 Å². The number of ether oxygens (including phenoxy) is 1. The number of amides is 1. The maximum Gasteiger partial charge on any atom is 0.253 e. The standard InChI is InChI=1S/C20H20N6O2/c1-15-3-8-18(24-23-15)28-17-6-4-16(5-7-17)19(27)25-11-13-26(14-12-25)20-21-9-2-10-22-20/h2-10H,11-14H2,1H3. The fourth-order valence-corrected chi connectivity index (χ4v) is 2.97. The Hall–Kier alpha value is -3.55. The molecule has 0 radical (unpaired) electrons. The van der Waals surface area contributed by atoms with Gasteiger partial charge in [-0.25, -0.2) is 9.97 Å². The first-order valence-electron chi connectivity index (χ1n) is 9.08. The topological polar surface area (TPSA) is 84.3 Å². The normalized spacial score (nSPS) is 14.0. The van der Waals surface area contributed by atoms with Crippen LogP contribution >= 0.6 is 0 Å². The summed E-state index contributed by atoms with van der Waals surface area (Å²) < 4.78 is 5.66. The first-order valence-corrected chi connectivity index (χ1v) is 9.08. The summed E-state index contributed by atoms with van der Waals surface area (Å²) in [5.74, 6) is 1.75. The molecule has 8 nitrogen and oxygen atoms in total. The Bertz CT molecular complexity index is 923. The van der Waals surface area contributed by atoms with Crippen LogP contribution in [-0.4, -0.2) is 57.2 Å². The van der Waals surface area contributed by atoms with Gasteiger partial charge in [0, 0.05) is 50.2 Å². The average Bonchev–Trinajstić information content (AvgIpc) is 2.76. The van der Waals surface area contributed by atoms with Crippen molar-refractivity contribution in [3.05, 3.63) is 66.1 Å². The number of hydrogen-bond acceptors (Lipinski definition) is 7. The second-order valence-electron chi connectivity index (χ2n) is 6.47. The fraction of sp³-hybridized carbons (Fsp3) is 0.250. The van der Waals surface area contributed by atoms with Crippen LogP contribution < -0.4 is 9.64 Å². The van der Waals surface area contributed by atoms with Gasteiger partial charge in [0.25, 0.3) is 5.91 Å². The van der Waals surface area contributed by atoms with Crippen molar-refractivity contribution >= 4 is 11.9 Å². The van der Waals surface area contributed by atoms with E-state index in [1.54, 1.807) is 48.8 Å². The number of piperazine rings is 1. The zero-order valence-electron chi connectivity index (χ0n) is 15.5. The lowest BCUT2D eigenvalue weighted by Crippen LogP contribution is -2.49. The van der Waals surface area contributed by atoms with E-state index in [-0.39, 0.29) is 5.91 Å². The van der Waals surface area contributed by atoms with Crippen molar-refractivity contribution in [1.82, 2.24) is 25.1 Å². The van der Waals surface area contributed by atoms with E-state index in [0.717, 1.165) is 5.69 Å². The van der Waals surface area contributed by atoms with Crippen molar-refractivity contribution in [1.29, 1.82) is 0 Å². The Morgan fingerprint density at radius 1 is 0.929 bits per heavy atom. The van der Waals surface area contributed by atoms with Gasteiger partial charge in [-0.2, -0.15) is 5.10 Å². The molecule has 1 aromatic carbocycles. The summed E-state index contributed by atoms with van der Waals surface area (Å²) >= 11 is 0. The number of carbonyl (C=O) groups excluding carboxylic acids is 1. The summed E-state index contributed by atoms with van der Waals surface area (Å²) in [5, 5.41) is 7.94. The lowest BCUT2D eigenvalue weighted by molar-refractivity contribution is 0.0746. The van der Waals surface area contributed by atoms with Gasteiger partial charge in [-0.15, -0.1) is 5.10 Å². The van der Waals surface area contributed by atoms with Crippen molar-refractivity contribution < 1.29 is 9.53 Å². The summed E-state index contributed by atoms with van der Waals surface area (Å²) in [4.78, 5) is 25.2. The van der Waals surface area contributed by atoms with Crippen LogP contribution in [0.4, 0.5) is 5.95 Å². The first-order chi connectivity index (χ1) is 13.7. The van der Waals surface area contributed by atoms with Gasteiger partial charge in [-0.05, 0) is 43.3 Å². The largest absolute Gasteiger partial charge is 0.438 e. The summed E-state index contributed by atoms with van der Waals surface area (Å²) in [6.45, 7) is 4.55. The minimum absolute atomic E-state index is 0.00954. The van der Waals surface area contributed by atoms with Crippen LogP contribution in [0.2, 0.25) is 0 Å². The molecule has 2 aromatic heterocycles. The highest BCUT2D eigenvalue weighted by Gasteiger charge is 2.23. The molecular weight excluding hydrogens is 356 g/mol. The molecule has 1 fully saturated rings. The Morgan fingerprint density at radius 3 is 2.29 bits per heavy atom. The SMILES string of the molecule is Cc1ccc(Oc2ccc(C(=O)N3CCN(c4ncccn4)CC3)cc2)nn1. The Labute approximate surface area is 162 Å². The predicted octanol–water partition coefficient (Wildman–Crippen LogP) is 2.33. The van der Waals surface area contributed by atoms with E-state index in [0.29, 0.717) is 49.3 Å². The highest BCUT2D eigenvalue weighted by atomic mass is 16.5. The third-order valence-corrected chi connectivity index (χ3v) is 4.50. The number of rotatable bonds is 4. The van der Waals surface area contributed by atoms with Crippen molar-refractivity contribution in [2.24, 2.45) is 0 Å². The predicted molar refractivity (Wildman–Crippen MR) is 103 cm³/mol. The van der Waals surface area contributed by atoms with Crippen molar-refractivity contribution in [2.75, 3.05) is 31.1 Å². The van der Waals surface area contributed by atoms with Crippen LogP contribution in [0.15, 0.2) is 54.9 Å². The minimum Gasteiger partial charge on any atom is -0.438 e. The van der Waals surface area contributed by atoms with Crippen LogP contribution in [0.3, 0.4) is 0 Å². The molecule has 28 heavy (non-hydrogen) atoms. The fourth-order valence-electron chi connectivity index (χ4n) is 2.97. The van der Waals surface area contributed by atoms with E-state index in [1.807, 2.05) is 17.9 Å². The summed E-state index contributed by atoms with van der Waals surface area (Å²) in [6.07, 6.45) is 3.46. The van der Waals surface area contributed by atoms with E-state index >= 15 is 0 Å². The highest BCUT2D eigenvalue weighted by molar-refractivity contribution is 5.94. The number of anilines is 1. The zero-order valence-corrected chi connectivity index (χ0v) is 15.5. The number of aromatic nitrogens is 4. The molecule has 0 atom stereocenters. The molecule has 0 unspecified atom stereocenters. The lowest BCUT2D eigenvalue weighted by atomic mass is 10.1. The number of carbonyl (C=O) groups is 1. The smallest absolute Gasteiger partial charge is 0.253 e. The van der Waals surface area contributed by atoms with Gasteiger partial charge in [-0.3, -0.25) is 4.79 Å². The second-order valence-corrected chi connectivity index (χ2v) is 6.47. The molecule has 3 aromatic rings. The molecule has 4 rings (SSSR count). The number of benzene rings is 1. The number of aryl methyl sites for hydroxylation is 1. The highest BCUT2D eigenvalue weighted by Crippen LogP contribution is 2.20.